The first-order chi connectivity index (χ1) is 11.9. The Morgan fingerprint density at radius 2 is 1.92 bits per heavy atom. The summed E-state index contributed by atoms with van der Waals surface area (Å²) in [6.07, 6.45) is -0.512. The first-order valence-corrected chi connectivity index (χ1v) is 8.09. The number of nitrogens with zero attached hydrogens (tertiary/aromatic N) is 2. The van der Waals surface area contributed by atoms with Crippen LogP contribution in [-0.4, -0.2) is 24.0 Å². The molecule has 2 heterocycles. The van der Waals surface area contributed by atoms with Crippen molar-refractivity contribution in [3.63, 3.8) is 0 Å². The molecule has 0 aliphatic carbocycles. The highest BCUT2D eigenvalue weighted by Gasteiger charge is 2.30. The van der Waals surface area contributed by atoms with E-state index in [9.17, 15) is 18.0 Å². The normalized spacial score (nSPS) is 14.6. The van der Waals surface area contributed by atoms with Crippen molar-refractivity contribution in [2.24, 2.45) is 0 Å². The summed E-state index contributed by atoms with van der Waals surface area (Å²) in [6, 6.07) is 8.09. The number of amides is 1. The standard InChI is InChI=1S/C18H18F3N3O/c19-18(20,21)15-5-3-4-14(11-15)17(25)23-12-13-6-7-22-16(10-13)24-8-1-2-9-24/h3-7,10-11H,1-2,8-9,12H2,(H,23,25). The molecule has 25 heavy (non-hydrogen) atoms. The fraction of sp³-hybridized carbons (Fsp3) is 0.333. The number of pyridine rings is 1. The molecule has 132 valence electrons. The van der Waals surface area contributed by atoms with Crippen molar-refractivity contribution in [3.8, 4) is 0 Å². The van der Waals surface area contributed by atoms with Crippen LogP contribution in [0.5, 0.6) is 0 Å². The van der Waals surface area contributed by atoms with E-state index in [1.165, 1.54) is 12.1 Å². The number of hydrogen-bond donors (Lipinski definition) is 1. The zero-order valence-electron chi connectivity index (χ0n) is 13.5. The van der Waals surface area contributed by atoms with Crippen LogP contribution in [0.25, 0.3) is 0 Å². The molecule has 0 atom stereocenters. The number of nitrogens with one attached hydrogen (secondary N) is 1. The van der Waals surface area contributed by atoms with Crippen LogP contribution >= 0.6 is 0 Å². The summed E-state index contributed by atoms with van der Waals surface area (Å²) < 4.78 is 38.2. The summed E-state index contributed by atoms with van der Waals surface area (Å²) in [5.41, 5.74) is 0.0151. The smallest absolute Gasteiger partial charge is 0.357 e. The zero-order chi connectivity index (χ0) is 17.9. The summed E-state index contributed by atoms with van der Waals surface area (Å²) in [7, 11) is 0. The molecule has 1 aliphatic rings. The molecular formula is C18H18F3N3O. The van der Waals surface area contributed by atoms with E-state index in [1.54, 1.807) is 12.3 Å². The van der Waals surface area contributed by atoms with Crippen LogP contribution in [0.2, 0.25) is 0 Å². The first kappa shape index (κ1) is 17.3. The number of anilines is 1. The minimum Gasteiger partial charge on any atom is -0.357 e. The van der Waals surface area contributed by atoms with Crippen molar-refractivity contribution >= 4 is 11.7 Å². The maximum Gasteiger partial charge on any atom is 0.416 e. The van der Waals surface area contributed by atoms with Gasteiger partial charge in [0.25, 0.3) is 5.91 Å². The number of benzene rings is 1. The van der Waals surface area contributed by atoms with Gasteiger partial charge in [0, 0.05) is 31.4 Å². The van der Waals surface area contributed by atoms with E-state index in [1.807, 2.05) is 6.07 Å². The quantitative estimate of drug-likeness (QED) is 0.917. The first-order valence-electron chi connectivity index (χ1n) is 8.09. The van der Waals surface area contributed by atoms with Crippen molar-refractivity contribution in [3.05, 3.63) is 59.3 Å². The highest BCUT2D eigenvalue weighted by molar-refractivity contribution is 5.94. The van der Waals surface area contributed by atoms with Crippen LogP contribution in [0.3, 0.4) is 0 Å². The van der Waals surface area contributed by atoms with Gasteiger partial charge >= 0.3 is 6.18 Å². The van der Waals surface area contributed by atoms with E-state index in [0.29, 0.717) is 0 Å². The maximum atomic E-state index is 12.7. The highest BCUT2D eigenvalue weighted by atomic mass is 19.4. The lowest BCUT2D eigenvalue weighted by Crippen LogP contribution is -2.24. The van der Waals surface area contributed by atoms with Gasteiger partial charge in [-0.1, -0.05) is 6.07 Å². The molecule has 0 saturated carbocycles. The molecule has 1 aliphatic heterocycles. The largest absolute Gasteiger partial charge is 0.416 e. The second-order valence-corrected chi connectivity index (χ2v) is 5.98. The van der Waals surface area contributed by atoms with Crippen molar-refractivity contribution in [2.75, 3.05) is 18.0 Å². The third-order valence-electron chi connectivity index (χ3n) is 4.15. The van der Waals surface area contributed by atoms with Crippen molar-refractivity contribution in [2.45, 2.75) is 25.6 Å². The van der Waals surface area contributed by atoms with Gasteiger partial charge in [0.05, 0.1) is 5.56 Å². The van der Waals surface area contributed by atoms with Gasteiger partial charge in [-0.25, -0.2) is 4.98 Å². The van der Waals surface area contributed by atoms with Gasteiger partial charge in [0.1, 0.15) is 5.82 Å². The molecule has 3 rings (SSSR count). The molecule has 1 aromatic heterocycles. The van der Waals surface area contributed by atoms with Gasteiger partial charge in [0.2, 0.25) is 0 Å². The summed E-state index contributed by atoms with van der Waals surface area (Å²) >= 11 is 0. The van der Waals surface area contributed by atoms with Gasteiger partial charge in [0.15, 0.2) is 0 Å². The Kier molecular flexibility index (Phi) is 4.92. The predicted molar refractivity (Wildman–Crippen MR) is 88.3 cm³/mol. The lowest BCUT2D eigenvalue weighted by Gasteiger charge is -2.17. The molecule has 1 aromatic carbocycles. The second kappa shape index (κ2) is 7.13. The van der Waals surface area contributed by atoms with Crippen molar-refractivity contribution < 1.29 is 18.0 Å². The number of halogens is 3. The summed E-state index contributed by atoms with van der Waals surface area (Å²) in [5.74, 6) is 0.328. The average Bonchev–Trinajstić information content (AvgIpc) is 3.14. The molecule has 0 unspecified atom stereocenters. The molecule has 0 radical (unpaired) electrons. The third kappa shape index (κ3) is 4.29. The number of alkyl halides is 3. The molecule has 7 heteroatoms. The second-order valence-electron chi connectivity index (χ2n) is 5.98. The third-order valence-corrected chi connectivity index (χ3v) is 4.15. The monoisotopic (exact) mass is 349 g/mol. The summed E-state index contributed by atoms with van der Waals surface area (Å²) in [6.45, 7) is 2.17. The summed E-state index contributed by atoms with van der Waals surface area (Å²) in [4.78, 5) is 18.6. The van der Waals surface area contributed by atoms with Crippen LogP contribution in [-0.2, 0) is 12.7 Å². The topological polar surface area (TPSA) is 45.2 Å². The van der Waals surface area contributed by atoms with Crippen LogP contribution in [0.1, 0.15) is 34.3 Å². The lowest BCUT2D eigenvalue weighted by atomic mass is 10.1. The predicted octanol–water partition coefficient (Wildman–Crippen LogP) is 3.63. The molecule has 2 aromatic rings. The zero-order valence-corrected chi connectivity index (χ0v) is 13.5. The van der Waals surface area contributed by atoms with E-state index >= 15 is 0 Å². The Morgan fingerprint density at radius 3 is 2.64 bits per heavy atom. The Morgan fingerprint density at radius 1 is 1.16 bits per heavy atom. The van der Waals surface area contributed by atoms with E-state index in [0.717, 1.165) is 49.4 Å². The van der Waals surface area contributed by atoms with Crippen molar-refractivity contribution in [1.82, 2.24) is 10.3 Å². The molecule has 0 bridgehead atoms. The van der Waals surface area contributed by atoms with Gasteiger partial charge in [-0.05, 0) is 48.7 Å². The fourth-order valence-electron chi connectivity index (χ4n) is 2.81. The molecule has 0 spiro atoms. The number of aromatic nitrogens is 1. The molecule has 4 nitrogen and oxygen atoms in total. The Labute approximate surface area is 143 Å². The molecule has 1 saturated heterocycles. The van der Waals surface area contributed by atoms with Crippen molar-refractivity contribution in [1.29, 1.82) is 0 Å². The number of carbonyl (C=O) groups is 1. The van der Waals surface area contributed by atoms with E-state index in [-0.39, 0.29) is 12.1 Å². The van der Waals surface area contributed by atoms with Gasteiger partial charge in [-0.3, -0.25) is 4.79 Å². The summed E-state index contributed by atoms with van der Waals surface area (Å²) in [5, 5.41) is 2.66. The van der Waals surface area contributed by atoms with Gasteiger partial charge < -0.3 is 10.2 Å². The number of carbonyl (C=O) groups excluding carboxylic acids is 1. The van der Waals surface area contributed by atoms with Gasteiger partial charge in [-0.2, -0.15) is 13.2 Å². The maximum absolute atomic E-state index is 12.7. The fourth-order valence-corrected chi connectivity index (χ4v) is 2.81. The number of rotatable bonds is 4. The van der Waals surface area contributed by atoms with Crippen LogP contribution in [0.4, 0.5) is 19.0 Å². The van der Waals surface area contributed by atoms with E-state index in [2.05, 4.69) is 15.2 Å². The van der Waals surface area contributed by atoms with Crippen LogP contribution in [0, 0.1) is 0 Å². The Hall–Kier alpha value is -2.57. The van der Waals surface area contributed by atoms with Crippen LogP contribution in [0.15, 0.2) is 42.6 Å². The molecule has 1 N–H and O–H groups in total. The van der Waals surface area contributed by atoms with Crippen LogP contribution < -0.4 is 10.2 Å². The molecule has 1 fully saturated rings. The SMILES string of the molecule is O=C(NCc1ccnc(N2CCCC2)c1)c1cccc(C(F)(F)F)c1. The average molecular weight is 349 g/mol. The van der Waals surface area contributed by atoms with E-state index < -0.39 is 17.6 Å². The molecular weight excluding hydrogens is 331 g/mol. The number of hydrogen-bond acceptors (Lipinski definition) is 3. The minimum absolute atomic E-state index is 0.0105. The highest BCUT2D eigenvalue weighted by Crippen LogP contribution is 2.29. The Balaban J connectivity index is 1.65. The lowest BCUT2D eigenvalue weighted by molar-refractivity contribution is -0.137. The Bertz CT molecular complexity index is 755. The minimum atomic E-state index is -4.47. The molecule has 1 amide bonds. The van der Waals surface area contributed by atoms with Gasteiger partial charge in [-0.15, -0.1) is 0 Å². The van der Waals surface area contributed by atoms with E-state index in [4.69, 9.17) is 0 Å².